The van der Waals surface area contributed by atoms with Crippen molar-refractivity contribution in [3.05, 3.63) is 70.9 Å². The van der Waals surface area contributed by atoms with Crippen LogP contribution < -0.4 is 4.90 Å². The molecule has 140 valence electrons. The Kier molecular flexibility index (Phi) is 4.49. The van der Waals surface area contributed by atoms with Gasteiger partial charge in [0.05, 0.1) is 30.1 Å². The lowest BCUT2D eigenvalue weighted by Gasteiger charge is -2.20. The first-order valence-corrected chi connectivity index (χ1v) is 9.04. The molecule has 0 aliphatic carbocycles. The number of fused-ring (bicyclic) bond motifs is 1. The Bertz CT molecular complexity index is 1090. The van der Waals surface area contributed by atoms with Crippen molar-refractivity contribution in [3.63, 3.8) is 0 Å². The highest BCUT2D eigenvalue weighted by atomic mass is 16.3. The van der Waals surface area contributed by atoms with E-state index in [9.17, 15) is 9.90 Å². The molecule has 0 unspecified atom stereocenters. The molecule has 6 nitrogen and oxygen atoms in total. The summed E-state index contributed by atoms with van der Waals surface area (Å²) in [5.74, 6) is 0.796. The number of benzene rings is 2. The van der Waals surface area contributed by atoms with Crippen molar-refractivity contribution in [2.75, 3.05) is 11.5 Å². The number of amides is 1. The summed E-state index contributed by atoms with van der Waals surface area (Å²) in [6.45, 7) is 3.49. The summed E-state index contributed by atoms with van der Waals surface area (Å²) in [5.41, 5.74) is 4.52. The lowest BCUT2D eigenvalue weighted by molar-refractivity contribution is -0.116. The Hall–Kier alpha value is -3.38. The molecule has 3 aromatic rings. The molecule has 0 atom stereocenters. The maximum atomic E-state index is 12.9. The number of carbonyl (C=O) groups excluding carboxylic acids is 1. The average molecular weight is 372 g/mol. The highest BCUT2D eigenvalue weighted by Crippen LogP contribution is 2.38. The van der Waals surface area contributed by atoms with Crippen LogP contribution in [-0.4, -0.2) is 33.3 Å². The Labute approximate surface area is 163 Å². The van der Waals surface area contributed by atoms with Crippen LogP contribution in [0.2, 0.25) is 0 Å². The normalized spacial score (nSPS) is 13.0. The zero-order chi connectivity index (χ0) is 19.8. The van der Waals surface area contributed by atoms with Gasteiger partial charge in [-0.1, -0.05) is 48.0 Å². The van der Waals surface area contributed by atoms with E-state index in [1.54, 1.807) is 4.90 Å². The molecule has 4 rings (SSSR count). The van der Waals surface area contributed by atoms with Gasteiger partial charge in [0.1, 0.15) is 5.82 Å². The van der Waals surface area contributed by atoms with Crippen molar-refractivity contribution in [2.45, 2.75) is 20.3 Å². The summed E-state index contributed by atoms with van der Waals surface area (Å²) in [6.07, 6.45) is 0.107. The van der Waals surface area contributed by atoms with Crippen LogP contribution in [0.4, 0.5) is 11.5 Å². The minimum atomic E-state index is -0.449. The zero-order valence-electron chi connectivity index (χ0n) is 15.7. The summed E-state index contributed by atoms with van der Waals surface area (Å²) in [4.78, 5) is 23.7. The van der Waals surface area contributed by atoms with Crippen molar-refractivity contribution in [1.82, 2.24) is 9.97 Å². The summed E-state index contributed by atoms with van der Waals surface area (Å²) in [7, 11) is 0. The second-order valence-corrected chi connectivity index (χ2v) is 6.89. The number of rotatable bonds is 4. The largest absolute Gasteiger partial charge is 0.390 e. The summed E-state index contributed by atoms with van der Waals surface area (Å²) in [5, 5.41) is 17.7. The smallest absolute Gasteiger partial charge is 0.237 e. The zero-order valence-corrected chi connectivity index (χ0v) is 15.7. The van der Waals surface area contributed by atoms with E-state index in [-0.39, 0.29) is 18.0 Å². The minimum absolute atomic E-state index is 0.0218. The van der Waals surface area contributed by atoms with Crippen molar-refractivity contribution in [3.8, 4) is 11.4 Å². The number of aryl methyl sites for hydroxylation is 2. The third-order valence-electron chi connectivity index (χ3n) is 4.88. The van der Waals surface area contributed by atoms with Gasteiger partial charge in [-0.25, -0.2) is 9.97 Å². The number of anilines is 2. The first-order valence-electron chi connectivity index (χ1n) is 9.04. The number of hydrogen-bond donors (Lipinski definition) is 2. The molecule has 0 saturated heterocycles. The second-order valence-electron chi connectivity index (χ2n) is 6.89. The van der Waals surface area contributed by atoms with Gasteiger partial charge in [0, 0.05) is 11.1 Å². The molecule has 1 aliphatic rings. The Balaban J connectivity index is 1.95. The predicted molar refractivity (Wildman–Crippen MR) is 108 cm³/mol. The number of aliphatic hydroxyl groups is 1. The minimum Gasteiger partial charge on any atom is -0.390 e. The van der Waals surface area contributed by atoms with Crippen molar-refractivity contribution in [2.24, 2.45) is 0 Å². The van der Waals surface area contributed by atoms with Gasteiger partial charge in [0.15, 0.2) is 5.82 Å². The van der Waals surface area contributed by atoms with Gasteiger partial charge in [-0.05, 0) is 25.5 Å². The molecule has 2 aromatic carbocycles. The topological polar surface area (TPSA) is 90.2 Å². The van der Waals surface area contributed by atoms with Crippen LogP contribution in [0.3, 0.4) is 0 Å². The molecule has 1 amide bonds. The molecule has 6 heteroatoms. The maximum absolute atomic E-state index is 12.9. The molecule has 0 saturated carbocycles. The van der Waals surface area contributed by atoms with E-state index in [1.807, 2.05) is 62.4 Å². The SMILES string of the molecule is Cc1ccc(-c2nc(C(=N)CO)c3c(n2)N(c2ccccc2C)C(=O)C3)cc1. The standard InChI is InChI=1S/C22H20N4O2/c1-13-7-9-15(10-8-13)21-24-20(17(23)12-27)16-11-19(28)26(22(16)25-21)18-6-4-3-5-14(18)2/h3-10,23,27H,11-12H2,1-2H3. The molecule has 0 fully saturated rings. The molecule has 0 bridgehead atoms. The van der Waals surface area contributed by atoms with E-state index in [4.69, 9.17) is 10.4 Å². The van der Waals surface area contributed by atoms with Crippen LogP contribution in [0.1, 0.15) is 22.4 Å². The first-order chi connectivity index (χ1) is 13.5. The quantitative estimate of drug-likeness (QED) is 0.687. The Morgan fingerprint density at radius 3 is 2.50 bits per heavy atom. The molecule has 2 heterocycles. The van der Waals surface area contributed by atoms with E-state index in [1.165, 1.54) is 0 Å². The van der Waals surface area contributed by atoms with Gasteiger partial charge in [0.25, 0.3) is 0 Å². The fraction of sp³-hybridized carbons (Fsp3) is 0.182. The molecule has 0 spiro atoms. The average Bonchev–Trinajstić information content (AvgIpc) is 3.03. The van der Waals surface area contributed by atoms with Crippen LogP contribution in [-0.2, 0) is 11.2 Å². The molecule has 0 radical (unpaired) electrons. The number of aliphatic hydroxyl groups excluding tert-OH is 1. The van der Waals surface area contributed by atoms with Gasteiger partial charge < -0.3 is 10.5 Å². The van der Waals surface area contributed by atoms with E-state index in [0.29, 0.717) is 22.9 Å². The van der Waals surface area contributed by atoms with Gasteiger partial charge in [-0.2, -0.15) is 0 Å². The van der Waals surface area contributed by atoms with Gasteiger partial charge in [-0.15, -0.1) is 0 Å². The fourth-order valence-electron chi connectivity index (χ4n) is 3.39. The van der Waals surface area contributed by atoms with Crippen molar-refractivity contribution >= 4 is 23.1 Å². The second kappa shape index (κ2) is 6.98. The summed E-state index contributed by atoms with van der Waals surface area (Å²) < 4.78 is 0. The lowest BCUT2D eigenvalue weighted by Crippen LogP contribution is -2.22. The lowest BCUT2D eigenvalue weighted by atomic mass is 10.1. The van der Waals surface area contributed by atoms with Crippen LogP contribution >= 0.6 is 0 Å². The van der Waals surface area contributed by atoms with E-state index >= 15 is 0 Å². The van der Waals surface area contributed by atoms with E-state index < -0.39 is 6.61 Å². The molecule has 1 aromatic heterocycles. The number of aromatic nitrogens is 2. The van der Waals surface area contributed by atoms with Crippen molar-refractivity contribution < 1.29 is 9.90 Å². The number of nitrogens with zero attached hydrogens (tertiary/aromatic N) is 3. The summed E-state index contributed by atoms with van der Waals surface area (Å²) >= 11 is 0. The maximum Gasteiger partial charge on any atom is 0.237 e. The predicted octanol–water partition coefficient (Wildman–Crippen LogP) is 3.34. The number of nitrogens with one attached hydrogen (secondary N) is 1. The van der Waals surface area contributed by atoms with Crippen LogP contribution in [0, 0.1) is 19.3 Å². The third kappa shape index (κ3) is 2.97. The molecule has 28 heavy (non-hydrogen) atoms. The van der Waals surface area contributed by atoms with Crippen molar-refractivity contribution in [1.29, 1.82) is 5.41 Å². The highest BCUT2D eigenvalue weighted by molar-refractivity contribution is 6.11. The molecule has 2 N–H and O–H groups in total. The number of para-hydroxylation sites is 1. The fourth-order valence-corrected chi connectivity index (χ4v) is 3.39. The van der Waals surface area contributed by atoms with Gasteiger partial charge in [0.2, 0.25) is 5.91 Å². The Morgan fingerprint density at radius 1 is 1.11 bits per heavy atom. The highest BCUT2D eigenvalue weighted by Gasteiger charge is 2.35. The van der Waals surface area contributed by atoms with Crippen LogP contribution in [0.15, 0.2) is 48.5 Å². The summed E-state index contributed by atoms with van der Waals surface area (Å²) in [6, 6.07) is 15.4. The molecular formula is C22H20N4O2. The molecule has 1 aliphatic heterocycles. The van der Waals surface area contributed by atoms with Gasteiger partial charge in [-0.3, -0.25) is 9.69 Å². The van der Waals surface area contributed by atoms with E-state index in [2.05, 4.69) is 4.98 Å². The van der Waals surface area contributed by atoms with Crippen LogP contribution in [0.25, 0.3) is 11.4 Å². The van der Waals surface area contributed by atoms with Crippen LogP contribution in [0.5, 0.6) is 0 Å². The third-order valence-corrected chi connectivity index (χ3v) is 4.88. The Morgan fingerprint density at radius 2 is 1.82 bits per heavy atom. The first kappa shape index (κ1) is 18.0. The molecular weight excluding hydrogens is 352 g/mol. The number of carbonyl (C=O) groups is 1. The number of hydrogen-bond acceptors (Lipinski definition) is 5. The monoisotopic (exact) mass is 372 g/mol. The van der Waals surface area contributed by atoms with Gasteiger partial charge >= 0.3 is 0 Å². The van der Waals surface area contributed by atoms with E-state index in [0.717, 1.165) is 22.4 Å².